The van der Waals surface area contributed by atoms with Crippen molar-refractivity contribution in [2.75, 3.05) is 43.1 Å². The van der Waals surface area contributed by atoms with Crippen LogP contribution in [0.3, 0.4) is 0 Å². The first-order valence-corrected chi connectivity index (χ1v) is 11.5. The van der Waals surface area contributed by atoms with Gasteiger partial charge in [0.2, 0.25) is 11.9 Å². The van der Waals surface area contributed by atoms with Crippen molar-refractivity contribution in [1.82, 2.24) is 14.8 Å². The van der Waals surface area contributed by atoms with Crippen LogP contribution in [0.2, 0.25) is 0 Å². The molecule has 1 aromatic carbocycles. The lowest BCUT2D eigenvalue weighted by Gasteiger charge is -2.28. The summed E-state index contributed by atoms with van der Waals surface area (Å²) in [5.74, 6) is 0.229. The van der Waals surface area contributed by atoms with Crippen molar-refractivity contribution in [3.63, 3.8) is 0 Å². The molecule has 8 nitrogen and oxygen atoms in total. The van der Waals surface area contributed by atoms with E-state index >= 15 is 0 Å². The molecule has 3 heterocycles. The van der Waals surface area contributed by atoms with Crippen LogP contribution < -0.4 is 10.2 Å². The van der Waals surface area contributed by atoms with Crippen molar-refractivity contribution < 1.29 is 18.7 Å². The largest absolute Gasteiger partial charge is 0.378 e. The Bertz CT molecular complexity index is 912. The summed E-state index contributed by atoms with van der Waals surface area (Å²) < 4.78 is 27.2. The SMILES string of the molecule is Cc1ccc(NC(=O)[C@@H](C)Sc2nnc(N3CCOCC3)n2C[C@@H]2CCCO2)cc1F. The number of aromatic nitrogens is 3. The van der Waals surface area contributed by atoms with Gasteiger partial charge in [-0.15, -0.1) is 10.2 Å². The molecule has 0 unspecified atom stereocenters. The van der Waals surface area contributed by atoms with Gasteiger partial charge in [-0.05, 0) is 44.4 Å². The lowest BCUT2D eigenvalue weighted by molar-refractivity contribution is -0.115. The molecule has 0 bridgehead atoms. The van der Waals surface area contributed by atoms with Gasteiger partial charge in [0.15, 0.2) is 5.16 Å². The van der Waals surface area contributed by atoms with Crippen LogP contribution in [0.15, 0.2) is 23.4 Å². The molecule has 2 fully saturated rings. The molecule has 0 radical (unpaired) electrons. The van der Waals surface area contributed by atoms with E-state index in [-0.39, 0.29) is 17.8 Å². The number of halogens is 1. The lowest BCUT2D eigenvalue weighted by Crippen LogP contribution is -2.38. The van der Waals surface area contributed by atoms with Crippen LogP contribution in [0.4, 0.5) is 16.0 Å². The first-order chi connectivity index (χ1) is 15.0. The minimum atomic E-state index is -0.436. The van der Waals surface area contributed by atoms with E-state index in [1.54, 1.807) is 19.1 Å². The van der Waals surface area contributed by atoms with E-state index in [2.05, 4.69) is 25.0 Å². The van der Waals surface area contributed by atoms with Gasteiger partial charge < -0.3 is 19.7 Å². The molecule has 1 aromatic heterocycles. The van der Waals surface area contributed by atoms with Gasteiger partial charge in [0.05, 0.1) is 31.1 Å². The second kappa shape index (κ2) is 9.97. The molecule has 0 aliphatic carbocycles. The predicted molar refractivity (Wildman–Crippen MR) is 117 cm³/mol. The highest BCUT2D eigenvalue weighted by Crippen LogP contribution is 2.29. The van der Waals surface area contributed by atoms with Gasteiger partial charge in [0.25, 0.3) is 0 Å². The van der Waals surface area contributed by atoms with Crippen LogP contribution in [0, 0.1) is 12.7 Å². The summed E-state index contributed by atoms with van der Waals surface area (Å²) in [6, 6.07) is 4.68. The first kappa shape index (κ1) is 22.0. The van der Waals surface area contributed by atoms with Crippen molar-refractivity contribution in [3.05, 3.63) is 29.6 Å². The summed E-state index contributed by atoms with van der Waals surface area (Å²) >= 11 is 1.34. The van der Waals surface area contributed by atoms with Gasteiger partial charge in [-0.25, -0.2) is 4.39 Å². The number of anilines is 2. The third-order valence-electron chi connectivity index (χ3n) is 5.49. The maximum absolute atomic E-state index is 13.8. The summed E-state index contributed by atoms with van der Waals surface area (Å²) in [5, 5.41) is 11.8. The van der Waals surface area contributed by atoms with Crippen molar-refractivity contribution in [2.45, 2.75) is 49.7 Å². The van der Waals surface area contributed by atoms with Gasteiger partial charge in [0, 0.05) is 25.4 Å². The minimum absolute atomic E-state index is 0.120. The zero-order valence-corrected chi connectivity index (χ0v) is 18.7. The average Bonchev–Trinajstić information content (AvgIpc) is 3.42. The van der Waals surface area contributed by atoms with E-state index in [1.807, 2.05) is 6.92 Å². The number of nitrogens with zero attached hydrogens (tertiary/aromatic N) is 4. The highest BCUT2D eigenvalue weighted by atomic mass is 32.2. The molecule has 31 heavy (non-hydrogen) atoms. The van der Waals surface area contributed by atoms with E-state index in [1.165, 1.54) is 17.8 Å². The van der Waals surface area contributed by atoms with Gasteiger partial charge in [0.1, 0.15) is 5.82 Å². The predicted octanol–water partition coefficient (Wildman–Crippen LogP) is 2.86. The molecule has 2 aromatic rings. The van der Waals surface area contributed by atoms with E-state index in [0.29, 0.717) is 36.2 Å². The zero-order chi connectivity index (χ0) is 21.8. The van der Waals surface area contributed by atoms with Gasteiger partial charge >= 0.3 is 0 Å². The number of amides is 1. The number of aryl methyl sites for hydroxylation is 1. The molecule has 168 valence electrons. The summed E-state index contributed by atoms with van der Waals surface area (Å²) in [4.78, 5) is 14.9. The van der Waals surface area contributed by atoms with Crippen molar-refractivity contribution in [3.8, 4) is 0 Å². The molecule has 0 spiro atoms. The third-order valence-corrected chi connectivity index (χ3v) is 6.57. The van der Waals surface area contributed by atoms with Crippen LogP contribution in [-0.2, 0) is 20.8 Å². The maximum atomic E-state index is 13.8. The van der Waals surface area contributed by atoms with Gasteiger partial charge in [-0.2, -0.15) is 0 Å². The molecule has 2 atom stereocenters. The zero-order valence-electron chi connectivity index (χ0n) is 17.8. The van der Waals surface area contributed by atoms with E-state index in [0.717, 1.165) is 38.5 Å². The fourth-order valence-corrected chi connectivity index (χ4v) is 4.50. The van der Waals surface area contributed by atoms with Gasteiger partial charge in [-0.1, -0.05) is 17.8 Å². The summed E-state index contributed by atoms with van der Waals surface area (Å²) in [5.41, 5.74) is 0.980. The molecule has 10 heteroatoms. The summed E-state index contributed by atoms with van der Waals surface area (Å²) in [7, 11) is 0. The van der Waals surface area contributed by atoms with Crippen LogP contribution in [0.25, 0.3) is 0 Å². The highest BCUT2D eigenvalue weighted by molar-refractivity contribution is 8.00. The average molecular weight is 450 g/mol. The Kier molecular flexibility index (Phi) is 7.09. The second-order valence-corrected chi connectivity index (χ2v) is 9.15. The topological polar surface area (TPSA) is 81.5 Å². The normalized spacial score (nSPS) is 20.1. The van der Waals surface area contributed by atoms with E-state index in [4.69, 9.17) is 9.47 Å². The van der Waals surface area contributed by atoms with E-state index < -0.39 is 5.25 Å². The number of thioether (sulfide) groups is 1. The quantitative estimate of drug-likeness (QED) is 0.651. The highest BCUT2D eigenvalue weighted by Gasteiger charge is 2.27. The molecule has 2 aliphatic heterocycles. The fourth-order valence-electron chi connectivity index (χ4n) is 3.64. The Balaban J connectivity index is 1.48. The maximum Gasteiger partial charge on any atom is 0.237 e. The van der Waals surface area contributed by atoms with Gasteiger partial charge in [-0.3, -0.25) is 9.36 Å². The van der Waals surface area contributed by atoms with Crippen molar-refractivity contribution >= 4 is 29.3 Å². The third kappa shape index (κ3) is 5.36. The Morgan fingerprint density at radius 2 is 2.13 bits per heavy atom. The second-order valence-electron chi connectivity index (χ2n) is 7.84. The van der Waals surface area contributed by atoms with Crippen molar-refractivity contribution in [2.24, 2.45) is 0 Å². The summed E-state index contributed by atoms with van der Waals surface area (Å²) in [6.45, 7) is 7.74. The summed E-state index contributed by atoms with van der Waals surface area (Å²) in [6.07, 6.45) is 2.17. The Morgan fingerprint density at radius 3 is 2.84 bits per heavy atom. The molecular weight excluding hydrogens is 421 g/mol. The molecular formula is C21H28FN5O3S. The number of rotatable bonds is 7. The molecule has 0 saturated carbocycles. The smallest absolute Gasteiger partial charge is 0.237 e. The first-order valence-electron chi connectivity index (χ1n) is 10.6. The molecule has 4 rings (SSSR count). The number of hydrogen-bond donors (Lipinski definition) is 1. The molecule has 2 saturated heterocycles. The standard InChI is InChI=1S/C21H28FN5O3S/c1-14-5-6-16(12-18(14)22)23-19(28)15(2)31-21-25-24-20(26-7-10-29-11-8-26)27(21)13-17-4-3-9-30-17/h5-6,12,15,17H,3-4,7-11,13H2,1-2H3,(H,23,28)/t15-,17+/m1/s1. The van der Waals surface area contributed by atoms with Crippen LogP contribution in [-0.4, -0.2) is 64.9 Å². The number of carbonyl (C=O) groups excluding carboxylic acids is 1. The molecule has 2 aliphatic rings. The fraction of sp³-hybridized carbons (Fsp3) is 0.571. The molecule has 1 N–H and O–H groups in total. The van der Waals surface area contributed by atoms with Crippen LogP contribution >= 0.6 is 11.8 Å². The molecule has 1 amide bonds. The Hall–Kier alpha value is -2.17. The lowest BCUT2D eigenvalue weighted by atomic mass is 10.2. The number of carbonyl (C=O) groups is 1. The van der Waals surface area contributed by atoms with Crippen LogP contribution in [0.1, 0.15) is 25.3 Å². The Morgan fingerprint density at radius 1 is 1.32 bits per heavy atom. The number of hydrogen-bond acceptors (Lipinski definition) is 7. The number of morpholine rings is 1. The number of ether oxygens (including phenoxy) is 2. The minimum Gasteiger partial charge on any atom is -0.378 e. The number of nitrogens with one attached hydrogen (secondary N) is 1. The Labute approximate surface area is 185 Å². The van der Waals surface area contributed by atoms with Crippen LogP contribution in [0.5, 0.6) is 0 Å². The van der Waals surface area contributed by atoms with E-state index in [9.17, 15) is 9.18 Å². The monoisotopic (exact) mass is 449 g/mol. The van der Waals surface area contributed by atoms with Crippen molar-refractivity contribution in [1.29, 1.82) is 0 Å². The number of benzene rings is 1.